The largest absolute Gasteiger partial charge is 0.395 e. The number of hydrogen-bond donors (Lipinski definition) is 3. The number of hydrogen-bond acceptors (Lipinski definition) is 3. The highest BCUT2D eigenvalue weighted by Gasteiger charge is 2.14. The summed E-state index contributed by atoms with van der Waals surface area (Å²) in [5.74, 6) is 0.227. The van der Waals surface area contributed by atoms with Gasteiger partial charge in [-0.05, 0) is 32.2 Å². The fraction of sp³-hybridized carbons (Fsp3) is 0.929. The number of carbonyl (C=O) groups excluding carboxylic acids is 1. The van der Waals surface area contributed by atoms with Gasteiger partial charge in [0.15, 0.2) is 0 Å². The zero-order valence-electron chi connectivity index (χ0n) is 11.4. The third kappa shape index (κ3) is 7.67. The van der Waals surface area contributed by atoms with Gasteiger partial charge in [0, 0.05) is 19.0 Å². The summed E-state index contributed by atoms with van der Waals surface area (Å²) in [4.78, 5) is 11.7. The maximum atomic E-state index is 11.7. The fourth-order valence-electron chi connectivity index (χ4n) is 2.46. The molecule has 1 aliphatic rings. The Morgan fingerprint density at radius 3 is 2.56 bits per heavy atom. The Balaban J connectivity index is 1.90. The van der Waals surface area contributed by atoms with Gasteiger partial charge in [0.05, 0.1) is 6.61 Å². The first-order valence-electron chi connectivity index (χ1n) is 7.44. The van der Waals surface area contributed by atoms with E-state index in [1.165, 1.54) is 19.3 Å². The molecule has 0 aromatic rings. The SMILES string of the molecule is O=C(CCCCCNCCO)NC1CCCCC1. The van der Waals surface area contributed by atoms with Crippen molar-refractivity contribution in [3.8, 4) is 0 Å². The molecule has 0 aliphatic heterocycles. The standard InChI is InChI=1S/C14H28N2O2/c17-12-11-15-10-6-2-5-9-14(18)16-13-7-3-1-4-8-13/h13,15,17H,1-12H2,(H,16,18). The van der Waals surface area contributed by atoms with E-state index in [1.807, 2.05) is 0 Å². The summed E-state index contributed by atoms with van der Waals surface area (Å²) in [5.41, 5.74) is 0. The number of carbonyl (C=O) groups is 1. The van der Waals surface area contributed by atoms with E-state index in [1.54, 1.807) is 0 Å². The summed E-state index contributed by atoms with van der Waals surface area (Å²) in [6.07, 6.45) is 9.98. The predicted octanol–water partition coefficient (Wildman–Crippen LogP) is 1.58. The second kappa shape index (κ2) is 10.3. The van der Waals surface area contributed by atoms with Gasteiger partial charge in [-0.25, -0.2) is 0 Å². The molecule has 1 fully saturated rings. The van der Waals surface area contributed by atoms with E-state index >= 15 is 0 Å². The first-order valence-corrected chi connectivity index (χ1v) is 7.44. The lowest BCUT2D eigenvalue weighted by atomic mass is 9.95. The van der Waals surface area contributed by atoms with Crippen molar-refractivity contribution in [2.75, 3.05) is 19.7 Å². The van der Waals surface area contributed by atoms with Crippen molar-refractivity contribution in [1.29, 1.82) is 0 Å². The molecule has 0 heterocycles. The Kier molecular flexibility index (Phi) is 8.86. The van der Waals surface area contributed by atoms with Crippen molar-refractivity contribution in [3.63, 3.8) is 0 Å². The molecule has 0 spiro atoms. The average molecular weight is 256 g/mol. The van der Waals surface area contributed by atoms with Gasteiger partial charge in [-0.1, -0.05) is 25.7 Å². The summed E-state index contributed by atoms with van der Waals surface area (Å²) in [5, 5.41) is 14.9. The van der Waals surface area contributed by atoms with Crippen LogP contribution >= 0.6 is 0 Å². The first kappa shape index (κ1) is 15.4. The maximum Gasteiger partial charge on any atom is 0.220 e. The lowest BCUT2D eigenvalue weighted by Gasteiger charge is -2.22. The Morgan fingerprint density at radius 1 is 1.06 bits per heavy atom. The zero-order chi connectivity index (χ0) is 13.1. The molecule has 1 saturated carbocycles. The van der Waals surface area contributed by atoms with Crippen LogP contribution in [-0.4, -0.2) is 36.8 Å². The summed E-state index contributed by atoms with van der Waals surface area (Å²) < 4.78 is 0. The number of aliphatic hydroxyl groups is 1. The van der Waals surface area contributed by atoms with Gasteiger partial charge in [0.2, 0.25) is 5.91 Å². The van der Waals surface area contributed by atoms with E-state index in [0.29, 0.717) is 19.0 Å². The third-order valence-electron chi connectivity index (χ3n) is 3.52. The smallest absolute Gasteiger partial charge is 0.220 e. The predicted molar refractivity (Wildman–Crippen MR) is 73.4 cm³/mol. The van der Waals surface area contributed by atoms with Gasteiger partial charge >= 0.3 is 0 Å². The summed E-state index contributed by atoms with van der Waals surface area (Å²) in [7, 11) is 0. The highest BCUT2D eigenvalue weighted by molar-refractivity contribution is 5.76. The molecule has 106 valence electrons. The Morgan fingerprint density at radius 2 is 1.83 bits per heavy atom. The molecule has 4 nitrogen and oxygen atoms in total. The van der Waals surface area contributed by atoms with Crippen molar-refractivity contribution < 1.29 is 9.90 Å². The van der Waals surface area contributed by atoms with Crippen LogP contribution < -0.4 is 10.6 Å². The van der Waals surface area contributed by atoms with E-state index in [9.17, 15) is 4.79 Å². The molecular weight excluding hydrogens is 228 g/mol. The van der Waals surface area contributed by atoms with Gasteiger partial charge in [0.25, 0.3) is 0 Å². The number of nitrogens with one attached hydrogen (secondary N) is 2. The quantitative estimate of drug-likeness (QED) is 0.549. The molecule has 4 heteroatoms. The van der Waals surface area contributed by atoms with Crippen molar-refractivity contribution in [3.05, 3.63) is 0 Å². The summed E-state index contributed by atoms with van der Waals surface area (Å²) in [6.45, 7) is 1.80. The highest BCUT2D eigenvalue weighted by Crippen LogP contribution is 2.17. The van der Waals surface area contributed by atoms with Gasteiger partial charge < -0.3 is 15.7 Å². The molecule has 0 radical (unpaired) electrons. The number of aliphatic hydroxyl groups excluding tert-OH is 1. The van der Waals surface area contributed by atoms with Crippen LogP contribution in [-0.2, 0) is 4.79 Å². The van der Waals surface area contributed by atoms with Crippen LogP contribution in [0.25, 0.3) is 0 Å². The van der Waals surface area contributed by atoms with Crippen LogP contribution in [0.4, 0.5) is 0 Å². The lowest BCUT2D eigenvalue weighted by molar-refractivity contribution is -0.122. The molecule has 18 heavy (non-hydrogen) atoms. The van der Waals surface area contributed by atoms with Crippen LogP contribution in [0.1, 0.15) is 57.8 Å². The molecule has 0 unspecified atom stereocenters. The van der Waals surface area contributed by atoms with Gasteiger partial charge in [-0.3, -0.25) is 4.79 Å². The van der Waals surface area contributed by atoms with Crippen LogP contribution in [0.15, 0.2) is 0 Å². The number of unbranched alkanes of at least 4 members (excludes halogenated alkanes) is 2. The lowest BCUT2D eigenvalue weighted by Crippen LogP contribution is -2.35. The van der Waals surface area contributed by atoms with Crippen molar-refractivity contribution in [2.45, 2.75) is 63.8 Å². The molecule has 0 aromatic heterocycles. The molecule has 1 amide bonds. The molecular formula is C14H28N2O2. The number of rotatable bonds is 9. The number of amides is 1. The molecule has 1 aliphatic carbocycles. The minimum Gasteiger partial charge on any atom is -0.395 e. The fourth-order valence-corrected chi connectivity index (χ4v) is 2.46. The monoisotopic (exact) mass is 256 g/mol. The van der Waals surface area contributed by atoms with E-state index in [2.05, 4.69) is 10.6 Å². The molecule has 0 aromatic carbocycles. The highest BCUT2D eigenvalue weighted by atomic mass is 16.3. The Labute approximate surface area is 111 Å². The van der Waals surface area contributed by atoms with Gasteiger partial charge in [0.1, 0.15) is 0 Å². The Hall–Kier alpha value is -0.610. The second-order valence-electron chi connectivity index (χ2n) is 5.19. The van der Waals surface area contributed by atoms with Crippen molar-refractivity contribution >= 4 is 5.91 Å². The summed E-state index contributed by atoms with van der Waals surface area (Å²) >= 11 is 0. The molecule has 0 atom stereocenters. The first-order chi connectivity index (χ1) is 8.83. The zero-order valence-corrected chi connectivity index (χ0v) is 11.4. The van der Waals surface area contributed by atoms with Crippen LogP contribution in [0.3, 0.4) is 0 Å². The van der Waals surface area contributed by atoms with Crippen LogP contribution in [0.5, 0.6) is 0 Å². The van der Waals surface area contributed by atoms with Gasteiger partial charge in [-0.15, -0.1) is 0 Å². The maximum absolute atomic E-state index is 11.7. The Bertz CT molecular complexity index is 216. The van der Waals surface area contributed by atoms with Crippen molar-refractivity contribution in [2.24, 2.45) is 0 Å². The van der Waals surface area contributed by atoms with E-state index in [-0.39, 0.29) is 12.5 Å². The average Bonchev–Trinajstić information content (AvgIpc) is 2.39. The molecule has 0 bridgehead atoms. The molecule has 0 saturated heterocycles. The van der Waals surface area contributed by atoms with E-state index in [0.717, 1.165) is 38.6 Å². The molecule has 1 rings (SSSR count). The van der Waals surface area contributed by atoms with E-state index in [4.69, 9.17) is 5.11 Å². The van der Waals surface area contributed by atoms with Crippen LogP contribution in [0, 0.1) is 0 Å². The summed E-state index contributed by atoms with van der Waals surface area (Å²) in [6, 6.07) is 0.442. The minimum atomic E-state index is 0.198. The second-order valence-corrected chi connectivity index (χ2v) is 5.19. The normalized spacial score (nSPS) is 16.7. The minimum absolute atomic E-state index is 0.198. The third-order valence-corrected chi connectivity index (χ3v) is 3.52. The van der Waals surface area contributed by atoms with Gasteiger partial charge in [-0.2, -0.15) is 0 Å². The molecule has 3 N–H and O–H groups in total. The van der Waals surface area contributed by atoms with Crippen LogP contribution in [0.2, 0.25) is 0 Å². The van der Waals surface area contributed by atoms with E-state index < -0.39 is 0 Å². The topological polar surface area (TPSA) is 61.4 Å². The van der Waals surface area contributed by atoms with Crippen molar-refractivity contribution in [1.82, 2.24) is 10.6 Å².